The van der Waals surface area contributed by atoms with E-state index in [-0.39, 0.29) is 5.54 Å². The number of alkyl halides is 1. The molecule has 0 atom stereocenters. The number of halogens is 1. The number of aryl methyl sites for hydroxylation is 1. The summed E-state index contributed by atoms with van der Waals surface area (Å²) in [4.78, 5) is 4.70. The molecule has 3 rings (SSSR count). The molecule has 0 spiro atoms. The van der Waals surface area contributed by atoms with Crippen molar-refractivity contribution in [1.29, 1.82) is 0 Å². The Bertz CT molecular complexity index is 599. The van der Waals surface area contributed by atoms with E-state index in [9.17, 15) is 0 Å². The first-order chi connectivity index (χ1) is 9.14. The molecule has 0 N–H and O–H groups in total. The summed E-state index contributed by atoms with van der Waals surface area (Å²) in [5.74, 6) is 1.41. The number of imidazole rings is 1. The van der Waals surface area contributed by atoms with Crippen LogP contribution in [0.4, 0.5) is 0 Å². The lowest BCUT2D eigenvalue weighted by molar-refractivity contribution is 0.0303. The van der Waals surface area contributed by atoms with E-state index in [0.717, 1.165) is 37.4 Å². The van der Waals surface area contributed by atoms with Gasteiger partial charge in [0.15, 0.2) is 0 Å². The van der Waals surface area contributed by atoms with E-state index in [1.807, 2.05) is 0 Å². The van der Waals surface area contributed by atoms with Crippen LogP contribution in [0.1, 0.15) is 31.2 Å². The van der Waals surface area contributed by atoms with Gasteiger partial charge in [0, 0.05) is 18.8 Å². The Labute approximate surface area is 118 Å². The summed E-state index contributed by atoms with van der Waals surface area (Å²) in [6.45, 7) is 6.00. The van der Waals surface area contributed by atoms with E-state index in [1.54, 1.807) is 0 Å². The predicted octanol–water partition coefficient (Wildman–Crippen LogP) is 3.61. The largest absolute Gasteiger partial charge is 0.381 e. The van der Waals surface area contributed by atoms with E-state index < -0.39 is 0 Å². The van der Waals surface area contributed by atoms with Gasteiger partial charge in [-0.1, -0.05) is 6.07 Å². The molecule has 1 saturated heterocycles. The Morgan fingerprint density at radius 3 is 2.79 bits per heavy atom. The highest BCUT2D eigenvalue weighted by molar-refractivity contribution is 6.16. The average molecular weight is 279 g/mol. The summed E-state index contributed by atoms with van der Waals surface area (Å²) in [6, 6.07) is 6.43. The maximum atomic E-state index is 6.11. The van der Waals surface area contributed by atoms with Gasteiger partial charge >= 0.3 is 0 Å². The van der Waals surface area contributed by atoms with Crippen molar-refractivity contribution in [3.8, 4) is 0 Å². The lowest BCUT2D eigenvalue weighted by Gasteiger charge is -2.36. The highest BCUT2D eigenvalue weighted by Gasteiger charge is 2.32. The van der Waals surface area contributed by atoms with E-state index in [2.05, 4.69) is 36.6 Å². The van der Waals surface area contributed by atoms with Gasteiger partial charge in [-0.25, -0.2) is 4.98 Å². The van der Waals surface area contributed by atoms with Gasteiger partial charge in [-0.05, 0) is 44.4 Å². The van der Waals surface area contributed by atoms with Gasteiger partial charge in [0.05, 0.1) is 16.9 Å². The summed E-state index contributed by atoms with van der Waals surface area (Å²) in [6.07, 6.45) is 2.02. The summed E-state index contributed by atoms with van der Waals surface area (Å²) in [7, 11) is 0. The Morgan fingerprint density at radius 2 is 2.11 bits per heavy atom. The minimum atomic E-state index is 0.0620. The van der Waals surface area contributed by atoms with Crippen LogP contribution >= 0.6 is 11.6 Å². The van der Waals surface area contributed by atoms with Gasteiger partial charge in [-0.3, -0.25) is 0 Å². The molecule has 3 nitrogen and oxygen atoms in total. The van der Waals surface area contributed by atoms with Crippen LogP contribution in [-0.4, -0.2) is 22.8 Å². The summed E-state index contributed by atoms with van der Waals surface area (Å²) in [5, 5.41) is 0. The van der Waals surface area contributed by atoms with Crippen molar-refractivity contribution in [2.75, 3.05) is 13.2 Å². The molecule has 2 aromatic rings. The van der Waals surface area contributed by atoms with Gasteiger partial charge in [0.1, 0.15) is 5.82 Å². The first kappa shape index (κ1) is 12.9. The number of hydrogen-bond donors (Lipinski definition) is 0. The van der Waals surface area contributed by atoms with E-state index in [0.29, 0.717) is 5.88 Å². The molecule has 0 radical (unpaired) electrons. The van der Waals surface area contributed by atoms with Crippen LogP contribution < -0.4 is 0 Å². The SMILES string of the molecule is Cc1ccc2c(c1)nc(CCl)n2C1(C)CCOCC1. The summed E-state index contributed by atoms with van der Waals surface area (Å²) in [5.41, 5.74) is 3.52. The molecule has 19 heavy (non-hydrogen) atoms. The van der Waals surface area contributed by atoms with Gasteiger partial charge in [-0.15, -0.1) is 11.6 Å². The number of hydrogen-bond acceptors (Lipinski definition) is 2. The third kappa shape index (κ3) is 2.15. The second-order valence-electron chi connectivity index (χ2n) is 5.60. The second-order valence-corrected chi connectivity index (χ2v) is 5.87. The molecule has 1 aliphatic rings. The first-order valence-electron chi connectivity index (χ1n) is 6.76. The van der Waals surface area contributed by atoms with Crippen molar-refractivity contribution in [3.63, 3.8) is 0 Å². The second kappa shape index (κ2) is 4.80. The van der Waals surface area contributed by atoms with Crippen LogP contribution in [-0.2, 0) is 16.2 Å². The molecule has 0 bridgehead atoms. The standard InChI is InChI=1S/C15H19ClN2O/c1-11-3-4-13-12(9-11)17-14(10-16)18(13)15(2)5-7-19-8-6-15/h3-4,9H,5-8,10H2,1-2H3. The molecule has 0 aliphatic carbocycles. The summed E-state index contributed by atoms with van der Waals surface area (Å²) < 4.78 is 7.83. The molecule has 102 valence electrons. The third-order valence-corrected chi connectivity index (χ3v) is 4.35. The first-order valence-corrected chi connectivity index (χ1v) is 7.30. The van der Waals surface area contributed by atoms with Crippen molar-refractivity contribution >= 4 is 22.6 Å². The number of nitrogens with zero attached hydrogens (tertiary/aromatic N) is 2. The maximum absolute atomic E-state index is 6.11. The Hall–Kier alpha value is -1.06. The van der Waals surface area contributed by atoms with Gasteiger partial charge < -0.3 is 9.30 Å². The molecule has 1 aromatic carbocycles. The van der Waals surface area contributed by atoms with Crippen molar-refractivity contribution in [2.24, 2.45) is 0 Å². The van der Waals surface area contributed by atoms with Gasteiger partial charge in [0.2, 0.25) is 0 Å². The zero-order valence-electron chi connectivity index (χ0n) is 11.4. The maximum Gasteiger partial charge on any atom is 0.125 e. The number of fused-ring (bicyclic) bond motifs is 1. The van der Waals surface area contributed by atoms with Crippen molar-refractivity contribution in [3.05, 3.63) is 29.6 Å². The molecule has 2 heterocycles. The number of ether oxygens (including phenoxy) is 1. The molecule has 1 fully saturated rings. The topological polar surface area (TPSA) is 27.1 Å². The quantitative estimate of drug-likeness (QED) is 0.785. The predicted molar refractivity (Wildman–Crippen MR) is 77.7 cm³/mol. The van der Waals surface area contributed by atoms with Crippen LogP contribution in [0.2, 0.25) is 0 Å². The Kier molecular flexibility index (Phi) is 3.27. The highest BCUT2D eigenvalue weighted by atomic mass is 35.5. The number of rotatable bonds is 2. The molecule has 1 aromatic heterocycles. The zero-order valence-corrected chi connectivity index (χ0v) is 12.2. The van der Waals surface area contributed by atoms with Crippen LogP contribution in [0.25, 0.3) is 11.0 Å². The van der Waals surface area contributed by atoms with E-state index in [1.165, 1.54) is 11.1 Å². The smallest absolute Gasteiger partial charge is 0.125 e. The zero-order chi connectivity index (χ0) is 13.5. The Balaban J connectivity index is 2.20. The lowest BCUT2D eigenvalue weighted by atomic mass is 9.91. The third-order valence-electron chi connectivity index (χ3n) is 4.11. The highest BCUT2D eigenvalue weighted by Crippen LogP contribution is 2.34. The van der Waals surface area contributed by atoms with E-state index in [4.69, 9.17) is 21.3 Å². The van der Waals surface area contributed by atoms with Crippen molar-refractivity contribution in [1.82, 2.24) is 9.55 Å². The van der Waals surface area contributed by atoms with Gasteiger partial charge in [-0.2, -0.15) is 0 Å². The Morgan fingerprint density at radius 1 is 1.37 bits per heavy atom. The number of benzene rings is 1. The number of aromatic nitrogens is 2. The molecule has 0 amide bonds. The van der Waals surface area contributed by atoms with Crippen LogP contribution in [0.15, 0.2) is 18.2 Å². The lowest BCUT2D eigenvalue weighted by Crippen LogP contribution is -2.37. The van der Waals surface area contributed by atoms with Gasteiger partial charge in [0.25, 0.3) is 0 Å². The molecule has 0 unspecified atom stereocenters. The minimum absolute atomic E-state index is 0.0620. The van der Waals surface area contributed by atoms with Crippen LogP contribution in [0.5, 0.6) is 0 Å². The van der Waals surface area contributed by atoms with Crippen molar-refractivity contribution < 1.29 is 4.74 Å². The monoisotopic (exact) mass is 278 g/mol. The molecule has 1 aliphatic heterocycles. The normalized spacial score (nSPS) is 18.9. The van der Waals surface area contributed by atoms with Crippen LogP contribution in [0, 0.1) is 6.92 Å². The fourth-order valence-electron chi connectivity index (χ4n) is 2.97. The van der Waals surface area contributed by atoms with Crippen molar-refractivity contribution in [2.45, 2.75) is 38.1 Å². The van der Waals surface area contributed by atoms with E-state index >= 15 is 0 Å². The fourth-order valence-corrected chi connectivity index (χ4v) is 3.15. The fraction of sp³-hybridized carbons (Fsp3) is 0.533. The minimum Gasteiger partial charge on any atom is -0.381 e. The van der Waals surface area contributed by atoms with Crippen LogP contribution in [0.3, 0.4) is 0 Å². The molecular weight excluding hydrogens is 260 g/mol. The summed E-state index contributed by atoms with van der Waals surface area (Å²) >= 11 is 6.11. The average Bonchev–Trinajstić information content (AvgIpc) is 2.77. The molecule has 0 saturated carbocycles. The molecule has 4 heteroatoms. The molecular formula is C15H19ClN2O.